The minimum Gasteiger partial charge on any atom is -0.489 e. The number of nitrogens with zero attached hydrogens (tertiary/aromatic N) is 5. The lowest BCUT2D eigenvalue weighted by atomic mass is 10.0. The molecule has 15 heteroatoms. The van der Waals surface area contributed by atoms with Crippen molar-refractivity contribution in [3.8, 4) is 16.9 Å². The van der Waals surface area contributed by atoms with Gasteiger partial charge in [-0.3, -0.25) is 9.78 Å². The number of carbonyl (C=O) groups excluding carboxylic acids is 3. The van der Waals surface area contributed by atoms with Crippen molar-refractivity contribution in [3.05, 3.63) is 65.2 Å². The molecule has 2 aliphatic heterocycles. The molecule has 5 rings (SSSR count). The lowest BCUT2D eigenvalue weighted by Crippen LogP contribution is -2.44. The van der Waals surface area contributed by atoms with Crippen LogP contribution in [-0.2, 0) is 20.8 Å². The average Bonchev–Trinajstić information content (AvgIpc) is 3.64. The number of pyridine rings is 1. The summed E-state index contributed by atoms with van der Waals surface area (Å²) in [7, 11) is 1.45. The van der Waals surface area contributed by atoms with Gasteiger partial charge < -0.3 is 23.8 Å². The standard InChI is InChI=1S/C28H28ClF2N5O7/c1-40-8-9-41-28(39)35(14-17-2-4-19(29)5-3-17)25(37)23-11-24(22(13-32-23)18-12-33-36(15-18)26(30)31)43-21-6-7-34-20(10-21)16-42-27(34)38/h2-5,11-13,15,20-21,26H,6-10,14,16H2,1H3/t20-,21-/m0/s1. The number of cyclic esters (lactones) is 1. The number of benzene rings is 1. The molecule has 0 unspecified atom stereocenters. The summed E-state index contributed by atoms with van der Waals surface area (Å²) in [6.07, 6.45) is 2.95. The second-order valence-electron chi connectivity index (χ2n) is 9.87. The molecule has 2 aliphatic rings. The molecule has 1 aromatic carbocycles. The number of methoxy groups -OCH3 is 1. The van der Waals surface area contributed by atoms with E-state index in [-0.39, 0.29) is 61.6 Å². The first-order valence-electron chi connectivity index (χ1n) is 13.4. The van der Waals surface area contributed by atoms with Crippen LogP contribution in [-0.4, -0.2) is 88.3 Å². The van der Waals surface area contributed by atoms with E-state index in [1.165, 1.54) is 25.6 Å². The fraction of sp³-hybridized carbons (Fsp3) is 0.393. The van der Waals surface area contributed by atoms with Crippen molar-refractivity contribution < 1.29 is 42.1 Å². The smallest absolute Gasteiger partial charge is 0.417 e. The molecule has 0 radical (unpaired) electrons. The van der Waals surface area contributed by atoms with Crippen LogP contribution in [0.25, 0.3) is 11.1 Å². The van der Waals surface area contributed by atoms with Crippen LogP contribution in [0.2, 0.25) is 5.02 Å². The van der Waals surface area contributed by atoms with Crippen LogP contribution in [0, 0.1) is 0 Å². The number of alkyl halides is 2. The number of aromatic nitrogens is 3. The van der Waals surface area contributed by atoms with Crippen LogP contribution in [0.1, 0.15) is 35.4 Å². The van der Waals surface area contributed by atoms with Gasteiger partial charge in [-0.1, -0.05) is 23.7 Å². The summed E-state index contributed by atoms with van der Waals surface area (Å²) in [5.41, 5.74) is 1.07. The van der Waals surface area contributed by atoms with E-state index in [4.69, 9.17) is 30.5 Å². The molecule has 2 aromatic heterocycles. The SMILES string of the molecule is COCCOC(=O)N(Cc1ccc(Cl)cc1)C(=O)c1cc(O[C@H]2CCN3C(=O)OC[C@@H]3C2)c(-c2cnn(C(F)F)c2)cn1. The number of fused-ring (bicyclic) bond motifs is 1. The molecular formula is C28H28ClF2N5O7. The number of rotatable bonds is 10. The van der Waals surface area contributed by atoms with Crippen LogP contribution in [0.3, 0.4) is 0 Å². The van der Waals surface area contributed by atoms with E-state index in [2.05, 4.69) is 10.1 Å². The summed E-state index contributed by atoms with van der Waals surface area (Å²) in [6.45, 7) is -2.31. The first-order chi connectivity index (χ1) is 20.7. The van der Waals surface area contributed by atoms with E-state index in [0.717, 1.165) is 11.1 Å². The molecule has 2 fully saturated rings. The Labute approximate surface area is 250 Å². The number of hydrogen-bond donors (Lipinski definition) is 0. The van der Waals surface area contributed by atoms with Crippen LogP contribution in [0.15, 0.2) is 48.9 Å². The Morgan fingerprint density at radius 1 is 1.21 bits per heavy atom. The zero-order valence-corrected chi connectivity index (χ0v) is 23.8. The molecule has 4 heterocycles. The highest BCUT2D eigenvalue weighted by Crippen LogP contribution is 2.34. The summed E-state index contributed by atoms with van der Waals surface area (Å²) in [5, 5.41) is 4.18. The molecular weight excluding hydrogens is 592 g/mol. The molecule has 0 aliphatic carbocycles. The van der Waals surface area contributed by atoms with Gasteiger partial charge in [-0.25, -0.2) is 19.2 Å². The first kappa shape index (κ1) is 30.2. The molecule has 3 amide bonds. The van der Waals surface area contributed by atoms with E-state index in [9.17, 15) is 23.2 Å². The Hall–Kier alpha value is -4.30. The van der Waals surface area contributed by atoms with Gasteiger partial charge >= 0.3 is 18.7 Å². The first-order valence-corrected chi connectivity index (χ1v) is 13.8. The third-order valence-electron chi connectivity index (χ3n) is 7.03. The maximum atomic E-state index is 13.7. The van der Waals surface area contributed by atoms with Crippen LogP contribution in [0.5, 0.6) is 5.75 Å². The van der Waals surface area contributed by atoms with Crippen molar-refractivity contribution in [2.75, 3.05) is 33.5 Å². The topological polar surface area (TPSA) is 125 Å². The van der Waals surface area contributed by atoms with Crippen molar-refractivity contribution in [3.63, 3.8) is 0 Å². The van der Waals surface area contributed by atoms with Gasteiger partial charge in [0.1, 0.15) is 30.8 Å². The maximum Gasteiger partial charge on any atom is 0.417 e. The lowest BCUT2D eigenvalue weighted by molar-refractivity contribution is 0.0544. The van der Waals surface area contributed by atoms with Gasteiger partial charge in [0.15, 0.2) is 0 Å². The highest BCUT2D eigenvalue weighted by atomic mass is 35.5. The predicted octanol–water partition coefficient (Wildman–Crippen LogP) is 4.78. The Morgan fingerprint density at radius 2 is 2.00 bits per heavy atom. The zero-order chi connectivity index (χ0) is 30.5. The molecule has 12 nitrogen and oxygen atoms in total. The van der Waals surface area contributed by atoms with E-state index in [1.54, 1.807) is 29.2 Å². The van der Waals surface area contributed by atoms with Gasteiger partial charge in [0, 0.05) is 61.1 Å². The number of imide groups is 1. The quantitative estimate of drug-likeness (QED) is 0.295. The minimum atomic E-state index is -2.86. The maximum absolute atomic E-state index is 13.7. The molecule has 0 N–H and O–H groups in total. The Bertz CT molecular complexity index is 1470. The van der Waals surface area contributed by atoms with Gasteiger partial charge in [-0.2, -0.15) is 13.9 Å². The third-order valence-corrected chi connectivity index (χ3v) is 7.28. The zero-order valence-electron chi connectivity index (χ0n) is 23.0. The Morgan fingerprint density at radius 3 is 2.72 bits per heavy atom. The summed E-state index contributed by atoms with van der Waals surface area (Å²) < 4.78 is 48.7. The number of ether oxygens (including phenoxy) is 4. The Kier molecular flexibility index (Phi) is 9.36. The summed E-state index contributed by atoms with van der Waals surface area (Å²) in [5.74, 6) is -0.600. The minimum absolute atomic E-state index is 0.0827. The third kappa shape index (κ3) is 7.03. The van der Waals surface area contributed by atoms with Crippen LogP contribution in [0.4, 0.5) is 18.4 Å². The number of amides is 3. The molecule has 0 saturated carbocycles. The number of halogens is 3. The van der Waals surface area contributed by atoms with Gasteiger partial charge in [-0.05, 0) is 17.7 Å². The monoisotopic (exact) mass is 619 g/mol. The summed E-state index contributed by atoms with van der Waals surface area (Å²) >= 11 is 5.99. The fourth-order valence-electron chi connectivity index (χ4n) is 4.82. The van der Waals surface area contributed by atoms with Crippen LogP contribution >= 0.6 is 11.6 Å². The summed E-state index contributed by atoms with van der Waals surface area (Å²) in [4.78, 5) is 45.5. The summed E-state index contributed by atoms with van der Waals surface area (Å²) in [6, 6.07) is 7.78. The molecule has 2 saturated heterocycles. The molecule has 43 heavy (non-hydrogen) atoms. The largest absolute Gasteiger partial charge is 0.489 e. The van der Waals surface area contributed by atoms with Crippen molar-refractivity contribution >= 4 is 29.7 Å². The van der Waals surface area contributed by atoms with Crippen molar-refractivity contribution in [1.82, 2.24) is 24.6 Å². The fourth-order valence-corrected chi connectivity index (χ4v) is 4.95. The second kappa shape index (κ2) is 13.3. The van der Waals surface area contributed by atoms with E-state index in [1.807, 2.05) is 0 Å². The highest BCUT2D eigenvalue weighted by Gasteiger charge is 2.39. The molecule has 0 bridgehead atoms. The number of hydrogen-bond acceptors (Lipinski definition) is 9. The average molecular weight is 620 g/mol. The highest BCUT2D eigenvalue weighted by molar-refractivity contribution is 6.30. The van der Waals surface area contributed by atoms with Crippen molar-refractivity contribution in [2.24, 2.45) is 0 Å². The van der Waals surface area contributed by atoms with E-state index < -0.39 is 18.5 Å². The number of carbonyl (C=O) groups is 3. The molecule has 228 valence electrons. The van der Waals surface area contributed by atoms with Gasteiger partial charge in [0.2, 0.25) is 0 Å². The van der Waals surface area contributed by atoms with Crippen molar-refractivity contribution in [1.29, 1.82) is 0 Å². The molecule has 2 atom stereocenters. The normalized spacial score (nSPS) is 17.9. The molecule has 0 spiro atoms. The number of piperidine rings is 1. The van der Waals surface area contributed by atoms with E-state index in [0.29, 0.717) is 40.2 Å². The van der Waals surface area contributed by atoms with Gasteiger partial charge in [-0.15, -0.1) is 0 Å². The second-order valence-corrected chi connectivity index (χ2v) is 10.3. The predicted molar refractivity (Wildman–Crippen MR) is 147 cm³/mol. The van der Waals surface area contributed by atoms with Crippen molar-refractivity contribution in [2.45, 2.75) is 38.1 Å². The van der Waals surface area contributed by atoms with Crippen LogP contribution < -0.4 is 4.74 Å². The lowest BCUT2D eigenvalue weighted by Gasteiger charge is -2.33. The Balaban J connectivity index is 1.45. The van der Waals surface area contributed by atoms with Gasteiger partial charge in [0.25, 0.3) is 5.91 Å². The van der Waals surface area contributed by atoms with E-state index >= 15 is 0 Å². The molecule has 3 aromatic rings. The van der Waals surface area contributed by atoms with Gasteiger partial charge in [0.05, 0.1) is 25.4 Å².